The lowest BCUT2D eigenvalue weighted by Crippen LogP contribution is -2.28. The van der Waals surface area contributed by atoms with E-state index in [4.69, 9.17) is 0 Å². The Morgan fingerprint density at radius 2 is 1.59 bits per heavy atom. The summed E-state index contributed by atoms with van der Waals surface area (Å²) >= 11 is 0. The van der Waals surface area contributed by atoms with Crippen LogP contribution >= 0.6 is 0 Å². The van der Waals surface area contributed by atoms with Crippen LogP contribution in [0.3, 0.4) is 0 Å². The first-order valence-corrected chi connectivity index (χ1v) is 11.5. The van der Waals surface area contributed by atoms with Gasteiger partial charge in [-0.3, -0.25) is 4.79 Å². The van der Waals surface area contributed by atoms with Gasteiger partial charge < -0.3 is 0 Å². The normalized spacial score (nSPS) is 19.0. The zero-order valence-electron chi connectivity index (χ0n) is 16.3. The number of hydrogen-bond acceptors (Lipinski definition) is 4. The van der Waals surface area contributed by atoms with Crippen LogP contribution in [-0.2, 0) is 16.4 Å². The van der Waals surface area contributed by atoms with Crippen molar-refractivity contribution in [2.45, 2.75) is 43.4 Å². The third-order valence-electron chi connectivity index (χ3n) is 5.55. The monoisotopic (exact) mass is 411 g/mol. The van der Waals surface area contributed by atoms with Crippen molar-refractivity contribution in [2.24, 2.45) is 5.10 Å². The van der Waals surface area contributed by atoms with E-state index in [0.29, 0.717) is 18.7 Å². The average Bonchev–Trinajstić information content (AvgIpc) is 3.22. The lowest BCUT2D eigenvalue weighted by molar-refractivity contribution is 0.0954. The topological polar surface area (TPSA) is 78.8 Å². The SMILES string of the molecule is O=C(N/N=C1\CCCCc2ccccc21)c1ccc(S(=O)(=O)N2CCCC2)cc1. The van der Waals surface area contributed by atoms with Gasteiger partial charge in [-0.05, 0) is 68.4 Å². The van der Waals surface area contributed by atoms with Crippen LogP contribution in [0.25, 0.3) is 0 Å². The average molecular weight is 412 g/mol. The molecular weight excluding hydrogens is 386 g/mol. The number of sulfonamides is 1. The van der Waals surface area contributed by atoms with Gasteiger partial charge in [-0.1, -0.05) is 24.3 Å². The summed E-state index contributed by atoms with van der Waals surface area (Å²) < 4.78 is 26.7. The molecule has 1 heterocycles. The second kappa shape index (κ2) is 8.47. The van der Waals surface area contributed by atoms with Crippen molar-refractivity contribution < 1.29 is 13.2 Å². The number of hydrogen-bond donors (Lipinski definition) is 1. The fraction of sp³-hybridized carbons (Fsp3) is 0.364. The van der Waals surface area contributed by atoms with Gasteiger partial charge in [-0.15, -0.1) is 0 Å². The number of aryl methyl sites for hydroxylation is 1. The lowest BCUT2D eigenvalue weighted by Gasteiger charge is -2.15. The summed E-state index contributed by atoms with van der Waals surface area (Å²) in [5, 5.41) is 4.39. The van der Waals surface area contributed by atoms with Gasteiger partial charge in [0.1, 0.15) is 0 Å². The quantitative estimate of drug-likeness (QED) is 0.619. The van der Waals surface area contributed by atoms with Crippen molar-refractivity contribution in [1.82, 2.24) is 9.73 Å². The zero-order valence-corrected chi connectivity index (χ0v) is 17.1. The minimum Gasteiger partial charge on any atom is -0.267 e. The highest BCUT2D eigenvalue weighted by molar-refractivity contribution is 7.89. The lowest BCUT2D eigenvalue weighted by atomic mass is 10.0. The first-order chi connectivity index (χ1) is 14.1. The molecule has 0 bridgehead atoms. The smallest absolute Gasteiger partial charge is 0.267 e. The summed E-state index contributed by atoms with van der Waals surface area (Å²) in [4.78, 5) is 12.7. The fourth-order valence-corrected chi connectivity index (χ4v) is 5.43. The van der Waals surface area contributed by atoms with E-state index in [1.165, 1.54) is 22.0 Å². The number of fused-ring (bicyclic) bond motifs is 1. The molecule has 29 heavy (non-hydrogen) atoms. The molecule has 0 radical (unpaired) electrons. The van der Waals surface area contributed by atoms with Crippen molar-refractivity contribution in [3.63, 3.8) is 0 Å². The Kier molecular flexibility index (Phi) is 5.78. The molecular formula is C22H25N3O3S. The molecule has 1 N–H and O–H groups in total. The zero-order chi connectivity index (χ0) is 20.3. The standard InChI is InChI=1S/C22H25N3O3S/c26-22(24-23-21-10-4-2-8-17-7-1-3-9-20(17)21)18-11-13-19(14-12-18)29(27,28)25-15-5-6-16-25/h1,3,7,9,11-14H,2,4-6,8,10,15-16H2,(H,24,26)/b23-21+. The second-order valence-corrected chi connectivity index (χ2v) is 9.44. The van der Waals surface area contributed by atoms with Crippen LogP contribution in [0.4, 0.5) is 0 Å². The number of carbonyl (C=O) groups is 1. The number of nitrogens with one attached hydrogen (secondary N) is 1. The molecule has 2 aromatic rings. The Morgan fingerprint density at radius 3 is 2.34 bits per heavy atom. The third-order valence-corrected chi connectivity index (χ3v) is 7.46. The van der Waals surface area contributed by atoms with Gasteiger partial charge in [0.2, 0.25) is 10.0 Å². The second-order valence-electron chi connectivity index (χ2n) is 7.50. The Bertz CT molecular complexity index is 1020. The van der Waals surface area contributed by atoms with Crippen molar-refractivity contribution in [2.75, 3.05) is 13.1 Å². The summed E-state index contributed by atoms with van der Waals surface area (Å²) in [7, 11) is -3.47. The van der Waals surface area contributed by atoms with Gasteiger partial charge >= 0.3 is 0 Å². The third kappa shape index (κ3) is 4.26. The maximum absolute atomic E-state index is 12.6. The van der Waals surface area contributed by atoms with Crippen LogP contribution in [0.15, 0.2) is 58.5 Å². The van der Waals surface area contributed by atoms with E-state index in [0.717, 1.165) is 49.8 Å². The molecule has 1 amide bonds. The number of amides is 1. The predicted molar refractivity (Wildman–Crippen MR) is 112 cm³/mol. The van der Waals surface area contributed by atoms with Gasteiger partial charge in [0, 0.05) is 24.2 Å². The molecule has 4 rings (SSSR count). The highest BCUT2D eigenvalue weighted by atomic mass is 32.2. The maximum Gasteiger partial charge on any atom is 0.271 e. The number of benzene rings is 2. The molecule has 2 aliphatic rings. The summed E-state index contributed by atoms with van der Waals surface area (Å²) in [6.07, 6.45) is 5.77. The van der Waals surface area contributed by atoms with Crippen LogP contribution in [0.1, 0.15) is 53.6 Å². The molecule has 0 aromatic heterocycles. The van der Waals surface area contributed by atoms with Gasteiger partial charge in [-0.25, -0.2) is 13.8 Å². The van der Waals surface area contributed by atoms with Crippen LogP contribution in [0.5, 0.6) is 0 Å². The van der Waals surface area contributed by atoms with E-state index >= 15 is 0 Å². The minimum atomic E-state index is -3.47. The van der Waals surface area contributed by atoms with Crippen molar-refractivity contribution in [3.8, 4) is 0 Å². The highest BCUT2D eigenvalue weighted by Crippen LogP contribution is 2.22. The molecule has 0 saturated carbocycles. The Morgan fingerprint density at radius 1 is 0.897 bits per heavy atom. The van der Waals surface area contributed by atoms with Crippen LogP contribution in [0.2, 0.25) is 0 Å². The molecule has 1 aliphatic heterocycles. The van der Waals surface area contributed by atoms with Crippen molar-refractivity contribution in [1.29, 1.82) is 0 Å². The number of carbonyl (C=O) groups excluding carboxylic acids is 1. The molecule has 1 aliphatic carbocycles. The van der Waals surface area contributed by atoms with Gasteiger partial charge in [-0.2, -0.15) is 9.41 Å². The Hall–Kier alpha value is -2.51. The molecule has 6 nitrogen and oxygen atoms in total. The number of hydrazone groups is 1. The number of rotatable bonds is 4. The largest absolute Gasteiger partial charge is 0.271 e. The van der Waals surface area contributed by atoms with E-state index in [1.54, 1.807) is 12.1 Å². The Labute approximate surface area is 171 Å². The van der Waals surface area contributed by atoms with E-state index in [9.17, 15) is 13.2 Å². The first-order valence-electron chi connectivity index (χ1n) is 10.1. The van der Waals surface area contributed by atoms with Crippen molar-refractivity contribution >= 4 is 21.6 Å². The van der Waals surface area contributed by atoms with Crippen LogP contribution in [-0.4, -0.2) is 37.4 Å². The number of nitrogens with zero attached hydrogens (tertiary/aromatic N) is 2. The summed E-state index contributed by atoms with van der Waals surface area (Å²) in [5.41, 5.74) is 6.27. The molecule has 152 valence electrons. The summed E-state index contributed by atoms with van der Waals surface area (Å²) in [6, 6.07) is 14.2. The molecule has 7 heteroatoms. The maximum atomic E-state index is 12.6. The summed E-state index contributed by atoms with van der Waals surface area (Å²) in [5.74, 6) is -0.343. The molecule has 0 unspecified atom stereocenters. The predicted octanol–water partition coefficient (Wildman–Crippen LogP) is 3.33. The van der Waals surface area contributed by atoms with Crippen LogP contribution in [0, 0.1) is 0 Å². The molecule has 1 fully saturated rings. The van der Waals surface area contributed by atoms with Crippen LogP contribution < -0.4 is 5.43 Å². The Balaban J connectivity index is 1.49. The van der Waals surface area contributed by atoms with E-state index < -0.39 is 10.0 Å². The van der Waals surface area contributed by atoms with E-state index in [2.05, 4.69) is 16.6 Å². The molecule has 0 atom stereocenters. The fourth-order valence-electron chi connectivity index (χ4n) is 3.92. The molecule has 2 aromatic carbocycles. The first kappa shape index (κ1) is 19.8. The van der Waals surface area contributed by atoms with Gasteiger partial charge in [0.05, 0.1) is 10.6 Å². The molecule has 0 spiro atoms. The highest BCUT2D eigenvalue weighted by Gasteiger charge is 2.27. The minimum absolute atomic E-state index is 0.222. The van der Waals surface area contributed by atoms with E-state index in [-0.39, 0.29) is 10.8 Å². The summed E-state index contributed by atoms with van der Waals surface area (Å²) in [6.45, 7) is 1.12. The van der Waals surface area contributed by atoms with Gasteiger partial charge in [0.15, 0.2) is 0 Å². The van der Waals surface area contributed by atoms with Crippen molar-refractivity contribution in [3.05, 3.63) is 65.2 Å². The molecule has 1 saturated heterocycles. The van der Waals surface area contributed by atoms with E-state index in [1.807, 2.05) is 18.2 Å². The van der Waals surface area contributed by atoms with Gasteiger partial charge in [0.25, 0.3) is 5.91 Å².